The van der Waals surface area contributed by atoms with Gasteiger partial charge in [0.1, 0.15) is 24.3 Å². The van der Waals surface area contributed by atoms with Crippen LogP contribution in [0.25, 0.3) is 0 Å². The Morgan fingerprint density at radius 2 is 1.93 bits per heavy atom. The molecule has 0 aliphatic carbocycles. The zero-order valence-corrected chi connectivity index (χ0v) is 16.1. The number of ketones is 1. The van der Waals surface area contributed by atoms with Gasteiger partial charge in [-0.25, -0.2) is 13.3 Å². The summed E-state index contributed by atoms with van der Waals surface area (Å²) in [4.78, 5) is 24.3. The van der Waals surface area contributed by atoms with Crippen LogP contribution in [0.15, 0.2) is 36.3 Å². The van der Waals surface area contributed by atoms with E-state index in [4.69, 9.17) is 18.3 Å². The molecule has 1 aromatic carbocycles. The van der Waals surface area contributed by atoms with E-state index < -0.39 is 50.2 Å². The first-order valence-electron chi connectivity index (χ1n) is 9.02. The van der Waals surface area contributed by atoms with Crippen LogP contribution in [0.5, 0.6) is 0 Å². The number of amides is 1. The van der Waals surface area contributed by atoms with E-state index in [-0.39, 0.29) is 25.5 Å². The highest BCUT2D eigenvalue weighted by molar-refractivity contribution is 7.48. The van der Waals surface area contributed by atoms with Crippen LogP contribution >= 0.6 is 7.82 Å². The number of benzene rings is 1. The SMILES string of the molecule is O=C1CC(=O)N([C@H]2C[C@@H]3OP(=O)(OCCc4ccc(F)cc4)OC[C@H]3O2)C=C1F. The Morgan fingerprint density at radius 3 is 2.69 bits per heavy atom. The zero-order chi connectivity index (χ0) is 20.6. The molecule has 3 heterocycles. The molecule has 156 valence electrons. The van der Waals surface area contributed by atoms with Crippen molar-refractivity contribution >= 4 is 19.5 Å². The summed E-state index contributed by atoms with van der Waals surface area (Å²) in [5.41, 5.74) is 0.795. The molecule has 3 aliphatic heterocycles. The Morgan fingerprint density at radius 1 is 1.17 bits per heavy atom. The Labute approximate surface area is 165 Å². The number of phosphoric ester groups is 1. The van der Waals surface area contributed by atoms with Crippen molar-refractivity contribution < 1.29 is 41.2 Å². The molecule has 1 amide bonds. The highest BCUT2D eigenvalue weighted by atomic mass is 31.2. The largest absolute Gasteiger partial charge is 0.475 e. The summed E-state index contributed by atoms with van der Waals surface area (Å²) in [6.07, 6.45) is -1.38. The lowest BCUT2D eigenvalue weighted by atomic mass is 10.1. The first kappa shape index (κ1) is 20.3. The predicted octanol–water partition coefficient (Wildman–Crippen LogP) is 2.64. The molecule has 3 aliphatic rings. The van der Waals surface area contributed by atoms with Gasteiger partial charge in [-0.05, 0) is 24.1 Å². The average Bonchev–Trinajstić information content (AvgIpc) is 3.08. The second-order valence-electron chi connectivity index (χ2n) is 6.84. The number of phosphoric acid groups is 1. The zero-order valence-electron chi connectivity index (χ0n) is 15.2. The van der Waals surface area contributed by atoms with Crippen LogP contribution < -0.4 is 0 Å². The van der Waals surface area contributed by atoms with Gasteiger partial charge in [0.05, 0.1) is 19.6 Å². The number of hydrogen-bond acceptors (Lipinski definition) is 7. The fourth-order valence-corrected chi connectivity index (χ4v) is 4.70. The van der Waals surface area contributed by atoms with Crippen molar-refractivity contribution in [2.75, 3.05) is 13.2 Å². The van der Waals surface area contributed by atoms with Crippen molar-refractivity contribution in [3.63, 3.8) is 0 Å². The number of halogens is 2. The fourth-order valence-electron chi connectivity index (χ4n) is 3.31. The lowest BCUT2D eigenvalue weighted by molar-refractivity contribution is -0.146. The Balaban J connectivity index is 1.33. The Bertz CT molecular complexity index is 891. The van der Waals surface area contributed by atoms with E-state index in [1.54, 1.807) is 12.1 Å². The van der Waals surface area contributed by atoms with Gasteiger partial charge in [0.15, 0.2) is 5.83 Å². The van der Waals surface area contributed by atoms with E-state index in [0.29, 0.717) is 6.42 Å². The molecule has 0 radical (unpaired) electrons. The number of nitrogens with zero attached hydrogens (tertiary/aromatic N) is 1. The maximum Gasteiger partial charge on any atom is 0.475 e. The monoisotopic (exact) mass is 429 g/mol. The molecule has 0 saturated carbocycles. The van der Waals surface area contributed by atoms with E-state index in [0.717, 1.165) is 16.7 Å². The summed E-state index contributed by atoms with van der Waals surface area (Å²) in [5, 5.41) is 0. The number of allylic oxidation sites excluding steroid dienone is 1. The molecule has 29 heavy (non-hydrogen) atoms. The Kier molecular flexibility index (Phi) is 5.63. The van der Waals surface area contributed by atoms with Gasteiger partial charge in [0.2, 0.25) is 11.7 Å². The van der Waals surface area contributed by atoms with E-state index in [1.165, 1.54) is 12.1 Å². The molecule has 8 nitrogen and oxygen atoms in total. The summed E-state index contributed by atoms with van der Waals surface area (Å²) in [6, 6.07) is 5.82. The number of carbonyl (C=O) groups excluding carboxylic acids is 2. The molecule has 0 bridgehead atoms. The van der Waals surface area contributed by atoms with Crippen molar-refractivity contribution in [2.45, 2.75) is 37.7 Å². The quantitative estimate of drug-likeness (QED) is 0.525. The lowest BCUT2D eigenvalue weighted by Crippen LogP contribution is -2.40. The average molecular weight is 429 g/mol. The first-order valence-corrected chi connectivity index (χ1v) is 10.5. The minimum atomic E-state index is -3.83. The van der Waals surface area contributed by atoms with Crippen LogP contribution in [0.3, 0.4) is 0 Å². The van der Waals surface area contributed by atoms with Crippen LogP contribution in [-0.2, 0) is 38.9 Å². The van der Waals surface area contributed by atoms with Crippen LogP contribution in [0.2, 0.25) is 0 Å². The predicted molar refractivity (Wildman–Crippen MR) is 93.4 cm³/mol. The second kappa shape index (κ2) is 8.04. The lowest BCUT2D eigenvalue weighted by Gasteiger charge is -2.30. The van der Waals surface area contributed by atoms with Crippen molar-refractivity contribution in [3.05, 3.63) is 47.7 Å². The summed E-state index contributed by atoms with van der Waals surface area (Å²) in [6.45, 7) is -0.0482. The summed E-state index contributed by atoms with van der Waals surface area (Å²) < 4.78 is 60.8. The maximum atomic E-state index is 13.6. The third-order valence-corrected chi connectivity index (χ3v) is 6.32. The number of carbonyl (C=O) groups is 2. The van der Waals surface area contributed by atoms with Crippen LogP contribution in [0.4, 0.5) is 8.78 Å². The fraction of sp³-hybridized carbons (Fsp3) is 0.444. The highest BCUT2D eigenvalue weighted by Crippen LogP contribution is 2.56. The topological polar surface area (TPSA) is 91.4 Å². The van der Waals surface area contributed by atoms with Crippen molar-refractivity contribution in [1.82, 2.24) is 4.90 Å². The van der Waals surface area contributed by atoms with Gasteiger partial charge >= 0.3 is 7.82 Å². The third-order valence-electron chi connectivity index (χ3n) is 4.82. The van der Waals surface area contributed by atoms with Crippen molar-refractivity contribution in [2.24, 2.45) is 0 Å². The number of Topliss-reactive ketones (excluding diaryl/α,β-unsaturated/α-hetero) is 1. The minimum absolute atomic E-state index is 0.0330. The summed E-state index contributed by atoms with van der Waals surface area (Å²) in [7, 11) is -3.83. The minimum Gasteiger partial charge on any atom is -0.349 e. The second-order valence-corrected chi connectivity index (χ2v) is 8.46. The van der Waals surface area contributed by atoms with Gasteiger partial charge in [-0.15, -0.1) is 0 Å². The standard InChI is InChI=1S/C18H18F2NO7P/c19-12-3-1-11(2-4-12)5-6-25-29(24)26-10-16-15(28-29)8-18(27-16)21-9-13(20)14(22)7-17(21)23/h1-4,9,15-16,18H,5-8,10H2/t15-,16+,18+,29?/m0/s1. The van der Waals surface area contributed by atoms with Gasteiger partial charge in [-0.2, -0.15) is 0 Å². The maximum absolute atomic E-state index is 13.6. The van der Waals surface area contributed by atoms with Crippen molar-refractivity contribution in [1.29, 1.82) is 0 Å². The van der Waals surface area contributed by atoms with Gasteiger partial charge in [-0.3, -0.25) is 28.1 Å². The molecule has 0 aromatic heterocycles. The summed E-state index contributed by atoms with van der Waals surface area (Å²) in [5.74, 6) is -2.83. The van der Waals surface area contributed by atoms with Crippen LogP contribution in [0.1, 0.15) is 18.4 Å². The molecule has 1 aromatic rings. The number of fused-ring (bicyclic) bond motifs is 1. The molecule has 4 atom stereocenters. The smallest absolute Gasteiger partial charge is 0.349 e. The molecule has 1 unspecified atom stereocenters. The molecule has 2 saturated heterocycles. The van der Waals surface area contributed by atoms with E-state index in [2.05, 4.69) is 0 Å². The molecule has 0 spiro atoms. The van der Waals surface area contributed by atoms with Gasteiger partial charge in [0, 0.05) is 12.6 Å². The third kappa shape index (κ3) is 4.46. The van der Waals surface area contributed by atoms with Gasteiger partial charge in [-0.1, -0.05) is 12.1 Å². The normalized spacial score (nSPS) is 32.3. The molecule has 4 rings (SSSR count). The number of rotatable bonds is 5. The van der Waals surface area contributed by atoms with E-state index in [9.17, 15) is 22.9 Å². The highest BCUT2D eigenvalue weighted by Gasteiger charge is 2.49. The van der Waals surface area contributed by atoms with Crippen LogP contribution in [0, 0.1) is 5.82 Å². The molecule has 11 heteroatoms. The van der Waals surface area contributed by atoms with E-state index >= 15 is 0 Å². The Hall–Kier alpha value is -1.97. The number of hydrogen-bond donors (Lipinski definition) is 0. The molecular formula is C18H18F2NO7P. The molecule has 0 N–H and O–H groups in total. The van der Waals surface area contributed by atoms with E-state index in [1.807, 2.05) is 0 Å². The van der Waals surface area contributed by atoms with Crippen molar-refractivity contribution in [3.8, 4) is 0 Å². The number of ether oxygens (including phenoxy) is 1. The van der Waals surface area contributed by atoms with Crippen LogP contribution in [-0.4, -0.2) is 48.2 Å². The van der Waals surface area contributed by atoms with Gasteiger partial charge in [0.25, 0.3) is 0 Å². The molecular weight excluding hydrogens is 411 g/mol. The summed E-state index contributed by atoms with van der Waals surface area (Å²) >= 11 is 0. The molecule has 2 fully saturated rings. The first-order chi connectivity index (χ1) is 13.8. The van der Waals surface area contributed by atoms with Gasteiger partial charge < -0.3 is 4.74 Å².